The van der Waals surface area contributed by atoms with Gasteiger partial charge in [-0.2, -0.15) is 0 Å². The van der Waals surface area contributed by atoms with Crippen LogP contribution in [-0.2, 0) is 23.4 Å². The Bertz CT molecular complexity index is 217. The quantitative estimate of drug-likeness (QED) is 0.492. The maximum Gasteiger partial charge on any atom is 0.309 e. The van der Waals surface area contributed by atoms with Crippen LogP contribution in [0, 0.1) is 16.7 Å². The molecule has 0 unspecified atom stereocenters. The van der Waals surface area contributed by atoms with Gasteiger partial charge in [-0.15, -0.1) is 0 Å². The standard InChI is InChI=1S/C6H12O2.C6H14.C5H12.6CH4.V/c1-4-6(2,3)5(7)8;1-5-6(2,3)4;1-4-5(2)3;;;;;;;/h4H2,1-3H3,(H,7,8);5H2,1-4H3;5H,4H2,1-3H3;6*1H4;. The van der Waals surface area contributed by atoms with Crippen molar-refractivity contribution in [1.82, 2.24) is 0 Å². The summed E-state index contributed by atoms with van der Waals surface area (Å²) in [6.45, 7) is 20.9. The number of hydrogen-bond donors (Lipinski definition) is 1. The summed E-state index contributed by atoms with van der Waals surface area (Å²) in [5.41, 5.74) is 0.000000000000000222. The van der Waals surface area contributed by atoms with E-state index in [0.29, 0.717) is 11.8 Å². The first-order chi connectivity index (χ1) is 8.33. The SMILES string of the molecule is C.C.C.C.C.C.CCC(C)(C)C.CCC(C)(C)C(=O)O.CCC(C)C.[V]. The molecule has 0 saturated carbocycles. The van der Waals surface area contributed by atoms with Crippen molar-refractivity contribution in [2.75, 3.05) is 0 Å². The molecule has 1 radical (unpaired) electrons. The Morgan fingerprint density at radius 3 is 0.962 bits per heavy atom. The van der Waals surface area contributed by atoms with Crippen LogP contribution in [0.15, 0.2) is 0 Å². The summed E-state index contributed by atoms with van der Waals surface area (Å²) in [7, 11) is 0. The summed E-state index contributed by atoms with van der Waals surface area (Å²) in [6.07, 6.45) is 3.26. The average molecular weight is 422 g/mol. The summed E-state index contributed by atoms with van der Waals surface area (Å²) in [6, 6.07) is 0. The van der Waals surface area contributed by atoms with Crippen molar-refractivity contribution in [3.8, 4) is 0 Å². The normalized spacial score (nSPS) is 8.12. The Balaban J connectivity index is -0.0000000166. The van der Waals surface area contributed by atoms with E-state index in [1.807, 2.05) is 6.92 Å². The van der Waals surface area contributed by atoms with Gasteiger partial charge in [-0.3, -0.25) is 4.79 Å². The summed E-state index contributed by atoms with van der Waals surface area (Å²) < 4.78 is 0. The molecular formula is C23H62O2V. The van der Waals surface area contributed by atoms with Crippen LogP contribution in [0.2, 0.25) is 0 Å². The van der Waals surface area contributed by atoms with E-state index in [9.17, 15) is 4.79 Å². The monoisotopic (exact) mass is 421 g/mol. The van der Waals surface area contributed by atoms with Crippen molar-refractivity contribution >= 4 is 5.97 Å². The molecule has 0 heterocycles. The van der Waals surface area contributed by atoms with E-state index < -0.39 is 11.4 Å². The molecule has 0 rings (SSSR count). The van der Waals surface area contributed by atoms with E-state index in [1.54, 1.807) is 13.8 Å². The Labute approximate surface area is 184 Å². The molecule has 0 saturated heterocycles. The van der Waals surface area contributed by atoms with Gasteiger partial charge in [0, 0.05) is 18.6 Å². The molecule has 2 nitrogen and oxygen atoms in total. The summed E-state index contributed by atoms with van der Waals surface area (Å²) in [5, 5.41) is 8.44. The first-order valence-electron chi connectivity index (χ1n) is 7.57. The van der Waals surface area contributed by atoms with Crippen molar-refractivity contribution in [2.24, 2.45) is 16.7 Å². The molecule has 26 heavy (non-hydrogen) atoms. The third-order valence-electron chi connectivity index (χ3n) is 3.34. The number of carbonyl (C=O) groups is 1. The van der Waals surface area contributed by atoms with Crippen molar-refractivity contribution in [3.63, 3.8) is 0 Å². The molecule has 0 aromatic heterocycles. The van der Waals surface area contributed by atoms with Gasteiger partial charge in [-0.25, -0.2) is 0 Å². The van der Waals surface area contributed by atoms with Crippen molar-refractivity contribution < 1.29 is 28.5 Å². The van der Waals surface area contributed by atoms with Gasteiger partial charge in [0.15, 0.2) is 0 Å². The fraction of sp³-hybridized carbons (Fsp3) is 0.957. The van der Waals surface area contributed by atoms with Crippen molar-refractivity contribution in [1.29, 1.82) is 0 Å². The molecule has 0 fully saturated rings. The Morgan fingerprint density at radius 1 is 0.769 bits per heavy atom. The van der Waals surface area contributed by atoms with Crippen molar-refractivity contribution in [2.45, 2.75) is 133 Å². The molecule has 0 aromatic carbocycles. The van der Waals surface area contributed by atoms with Crippen LogP contribution in [0.25, 0.3) is 0 Å². The topological polar surface area (TPSA) is 37.3 Å². The smallest absolute Gasteiger partial charge is 0.309 e. The average Bonchev–Trinajstić information content (AvgIpc) is 2.29. The van der Waals surface area contributed by atoms with Crippen LogP contribution in [0.1, 0.15) is 133 Å². The van der Waals surface area contributed by atoms with Gasteiger partial charge < -0.3 is 5.11 Å². The van der Waals surface area contributed by atoms with E-state index in [-0.39, 0.29) is 63.1 Å². The number of carboxylic acids is 1. The van der Waals surface area contributed by atoms with E-state index >= 15 is 0 Å². The summed E-state index contributed by atoms with van der Waals surface area (Å²) in [4.78, 5) is 10.3. The van der Waals surface area contributed by atoms with E-state index in [0.717, 1.165) is 5.92 Å². The predicted octanol–water partition coefficient (Wildman–Crippen LogP) is 9.82. The molecular weight excluding hydrogens is 359 g/mol. The number of rotatable bonds is 3. The van der Waals surface area contributed by atoms with Gasteiger partial charge in [-0.05, 0) is 31.6 Å². The minimum atomic E-state index is -0.722. The molecule has 0 aliphatic carbocycles. The van der Waals surface area contributed by atoms with E-state index in [4.69, 9.17) is 5.11 Å². The number of carboxylic acid groups (broad SMARTS) is 1. The van der Waals surface area contributed by atoms with Crippen LogP contribution in [0.5, 0.6) is 0 Å². The molecule has 0 bridgehead atoms. The van der Waals surface area contributed by atoms with Gasteiger partial charge in [-0.1, -0.05) is 113 Å². The second-order valence-electron chi connectivity index (χ2n) is 7.26. The zero-order chi connectivity index (χ0) is 16.3. The summed E-state index contributed by atoms with van der Waals surface area (Å²) >= 11 is 0. The Hall–Kier alpha value is 0.0544. The van der Waals surface area contributed by atoms with E-state index in [1.165, 1.54) is 12.8 Å². The van der Waals surface area contributed by atoms with Gasteiger partial charge in [0.05, 0.1) is 5.41 Å². The molecule has 0 aromatic rings. The fourth-order valence-corrected chi connectivity index (χ4v) is 0.151. The van der Waals surface area contributed by atoms with Crippen LogP contribution in [-0.4, -0.2) is 11.1 Å². The van der Waals surface area contributed by atoms with E-state index in [2.05, 4.69) is 48.5 Å². The molecule has 0 atom stereocenters. The second-order valence-corrected chi connectivity index (χ2v) is 7.26. The summed E-state index contributed by atoms with van der Waals surface area (Å²) in [5.74, 6) is 0.162. The number of hydrogen-bond acceptors (Lipinski definition) is 1. The van der Waals surface area contributed by atoms with Crippen LogP contribution < -0.4 is 0 Å². The van der Waals surface area contributed by atoms with Gasteiger partial charge >= 0.3 is 5.97 Å². The van der Waals surface area contributed by atoms with Gasteiger partial charge in [0.2, 0.25) is 0 Å². The molecule has 0 amide bonds. The molecule has 0 aliphatic heterocycles. The third-order valence-corrected chi connectivity index (χ3v) is 3.34. The first-order valence-corrected chi connectivity index (χ1v) is 7.57. The maximum absolute atomic E-state index is 10.3. The predicted molar refractivity (Wildman–Crippen MR) is 127 cm³/mol. The number of aliphatic carboxylic acids is 1. The maximum atomic E-state index is 10.3. The van der Waals surface area contributed by atoms with Crippen LogP contribution in [0.3, 0.4) is 0 Å². The molecule has 3 heteroatoms. The molecule has 171 valence electrons. The van der Waals surface area contributed by atoms with Crippen LogP contribution >= 0.6 is 0 Å². The minimum Gasteiger partial charge on any atom is -0.481 e. The molecule has 0 spiro atoms. The molecule has 1 N–H and O–H groups in total. The van der Waals surface area contributed by atoms with Crippen LogP contribution in [0.4, 0.5) is 0 Å². The van der Waals surface area contributed by atoms with Gasteiger partial charge in [0.25, 0.3) is 0 Å². The fourth-order valence-electron chi connectivity index (χ4n) is 0.151. The van der Waals surface area contributed by atoms with Gasteiger partial charge in [0.1, 0.15) is 0 Å². The zero-order valence-corrected chi connectivity index (χ0v) is 16.9. The Kier molecular flexibility index (Phi) is 79.8. The zero-order valence-electron chi connectivity index (χ0n) is 15.5. The Morgan fingerprint density at radius 2 is 0.962 bits per heavy atom. The van der Waals surface area contributed by atoms with Crippen molar-refractivity contribution in [3.05, 3.63) is 0 Å². The second kappa shape index (κ2) is 32.7. The largest absolute Gasteiger partial charge is 0.481 e. The first kappa shape index (κ1) is 63.5. The third kappa shape index (κ3) is 64.7. The molecule has 0 aliphatic rings. The minimum absolute atomic E-state index is 0.